The first-order valence-electron chi connectivity index (χ1n) is 12.7. The second-order valence-electron chi connectivity index (χ2n) is 9.60. The monoisotopic (exact) mass is 552 g/mol. The van der Waals surface area contributed by atoms with Gasteiger partial charge in [0, 0.05) is 52.3 Å². The van der Waals surface area contributed by atoms with Gasteiger partial charge in [0.05, 0.1) is 22.3 Å². The molecule has 0 bridgehead atoms. The number of carbonyl (C=O) groups is 1. The number of para-hydroxylation sites is 1. The zero-order valence-corrected chi connectivity index (χ0v) is 22.8. The Labute approximate surface area is 234 Å². The van der Waals surface area contributed by atoms with Crippen molar-refractivity contribution < 1.29 is 4.79 Å². The van der Waals surface area contributed by atoms with Gasteiger partial charge in [-0.25, -0.2) is 9.99 Å². The van der Waals surface area contributed by atoms with E-state index in [0.717, 1.165) is 38.2 Å². The number of H-pyrrole nitrogens is 1. The van der Waals surface area contributed by atoms with E-state index in [-0.39, 0.29) is 23.9 Å². The van der Waals surface area contributed by atoms with E-state index >= 15 is 0 Å². The van der Waals surface area contributed by atoms with Crippen LogP contribution in [-0.2, 0) is 11.2 Å². The van der Waals surface area contributed by atoms with Crippen molar-refractivity contribution in [3.63, 3.8) is 0 Å². The average molecular weight is 553 g/mol. The number of hydrogen-bond donors (Lipinski definition) is 1. The van der Waals surface area contributed by atoms with Crippen molar-refractivity contribution in [1.82, 2.24) is 15.0 Å². The number of aromatic nitrogens is 2. The molecule has 39 heavy (non-hydrogen) atoms. The fourth-order valence-corrected chi connectivity index (χ4v) is 5.83. The Morgan fingerprint density at radius 2 is 1.82 bits per heavy atom. The number of carbonyl (C=O) groups excluding carboxylic acids is 1. The highest BCUT2D eigenvalue weighted by Gasteiger charge is 2.35. The van der Waals surface area contributed by atoms with E-state index in [4.69, 9.17) is 16.7 Å². The molecule has 0 radical (unpaired) electrons. The topological polar surface area (TPSA) is 78.4 Å². The SMILES string of the molecule is Cc1ccc(C2CC(c3c(-c4ccc(Cl)cc4)c4ccccc4[nH]c3=O)=NN2C(=O)CCc2nccs2)cc1. The second kappa shape index (κ2) is 10.6. The van der Waals surface area contributed by atoms with Gasteiger partial charge >= 0.3 is 0 Å². The van der Waals surface area contributed by atoms with Crippen LogP contribution in [0.4, 0.5) is 0 Å². The van der Waals surface area contributed by atoms with E-state index in [0.29, 0.717) is 29.1 Å². The second-order valence-corrected chi connectivity index (χ2v) is 11.0. The van der Waals surface area contributed by atoms with Gasteiger partial charge in [-0.3, -0.25) is 9.59 Å². The fourth-order valence-electron chi connectivity index (χ4n) is 5.08. The molecule has 2 aromatic heterocycles. The predicted octanol–water partition coefficient (Wildman–Crippen LogP) is 6.92. The summed E-state index contributed by atoms with van der Waals surface area (Å²) in [5.41, 5.74) is 5.31. The van der Waals surface area contributed by atoms with Crippen LogP contribution in [0.5, 0.6) is 0 Å². The van der Waals surface area contributed by atoms with Crippen LogP contribution in [0, 0.1) is 6.92 Å². The van der Waals surface area contributed by atoms with Gasteiger partial charge in [-0.05, 0) is 36.2 Å². The summed E-state index contributed by atoms with van der Waals surface area (Å²) in [5, 5.41) is 10.7. The maximum atomic E-state index is 13.7. The lowest BCUT2D eigenvalue weighted by atomic mass is 9.91. The van der Waals surface area contributed by atoms with Crippen LogP contribution in [-0.4, -0.2) is 26.6 Å². The molecule has 0 fully saturated rings. The van der Waals surface area contributed by atoms with Gasteiger partial charge in [-0.2, -0.15) is 5.10 Å². The maximum Gasteiger partial charge on any atom is 0.258 e. The van der Waals surface area contributed by atoms with Crippen LogP contribution in [0.3, 0.4) is 0 Å². The van der Waals surface area contributed by atoms with Crippen LogP contribution < -0.4 is 5.56 Å². The molecule has 6 rings (SSSR count). The van der Waals surface area contributed by atoms with E-state index in [1.165, 1.54) is 11.3 Å². The molecule has 0 saturated heterocycles. The van der Waals surface area contributed by atoms with Crippen LogP contribution in [0.15, 0.2) is 94.3 Å². The molecule has 1 amide bonds. The number of nitrogens with one attached hydrogen (secondary N) is 1. The lowest BCUT2D eigenvalue weighted by Gasteiger charge is -2.22. The molecule has 3 aromatic carbocycles. The highest BCUT2D eigenvalue weighted by molar-refractivity contribution is 7.09. The molecular formula is C31H25ClN4O2S. The van der Waals surface area contributed by atoms with E-state index in [9.17, 15) is 9.59 Å². The fraction of sp³-hybridized carbons (Fsp3) is 0.161. The molecule has 5 aromatic rings. The van der Waals surface area contributed by atoms with Gasteiger partial charge in [0.25, 0.3) is 5.56 Å². The number of hydrogen-bond acceptors (Lipinski definition) is 5. The number of hydrazone groups is 1. The Kier molecular flexibility index (Phi) is 6.85. The van der Waals surface area contributed by atoms with Crippen molar-refractivity contribution >= 4 is 45.5 Å². The molecule has 1 aliphatic rings. The molecule has 0 spiro atoms. The molecule has 6 nitrogen and oxygen atoms in total. The first-order valence-corrected chi connectivity index (χ1v) is 14.0. The van der Waals surface area contributed by atoms with Crippen molar-refractivity contribution in [1.29, 1.82) is 0 Å². The lowest BCUT2D eigenvalue weighted by Crippen LogP contribution is -2.27. The zero-order chi connectivity index (χ0) is 26.9. The molecule has 3 heterocycles. The molecule has 0 aliphatic carbocycles. The smallest absolute Gasteiger partial charge is 0.258 e. The van der Waals surface area contributed by atoms with Gasteiger partial charge in [-0.15, -0.1) is 11.3 Å². The number of nitrogens with zero attached hydrogens (tertiary/aromatic N) is 3. The summed E-state index contributed by atoms with van der Waals surface area (Å²) >= 11 is 7.73. The van der Waals surface area contributed by atoms with Crippen LogP contribution in [0.2, 0.25) is 5.02 Å². The van der Waals surface area contributed by atoms with Crippen molar-refractivity contribution in [3.05, 3.63) is 121 Å². The summed E-state index contributed by atoms with van der Waals surface area (Å²) < 4.78 is 0. The summed E-state index contributed by atoms with van der Waals surface area (Å²) in [7, 11) is 0. The highest BCUT2D eigenvalue weighted by atomic mass is 35.5. The van der Waals surface area contributed by atoms with Gasteiger partial charge in [0.2, 0.25) is 5.91 Å². The highest BCUT2D eigenvalue weighted by Crippen LogP contribution is 2.37. The largest absolute Gasteiger partial charge is 0.321 e. The number of rotatable bonds is 6. The molecule has 8 heteroatoms. The summed E-state index contributed by atoms with van der Waals surface area (Å²) in [6, 6.07) is 23.0. The number of pyridine rings is 1. The average Bonchev–Trinajstić information content (AvgIpc) is 3.63. The van der Waals surface area contributed by atoms with Crippen LogP contribution in [0.1, 0.15) is 40.6 Å². The molecule has 1 atom stereocenters. The first kappa shape index (κ1) is 25.2. The molecule has 1 N–H and O–H groups in total. The third kappa shape index (κ3) is 5.03. The van der Waals surface area contributed by atoms with Gasteiger partial charge < -0.3 is 4.98 Å². The number of halogens is 1. The first-order chi connectivity index (χ1) is 19.0. The van der Waals surface area contributed by atoms with E-state index < -0.39 is 0 Å². The minimum Gasteiger partial charge on any atom is -0.321 e. The maximum absolute atomic E-state index is 13.7. The molecule has 0 saturated carbocycles. The predicted molar refractivity (Wildman–Crippen MR) is 157 cm³/mol. The van der Waals surface area contributed by atoms with Crippen LogP contribution in [0.25, 0.3) is 22.0 Å². The third-order valence-electron chi connectivity index (χ3n) is 7.01. The zero-order valence-electron chi connectivity index (χ0n) is 21.2. The van der Waals surface area contributed by atoms with Crippen molar-refractivity contribution in [3.8, 4) is 11.1 Å². The molecule has 1 unspecified atom stereocenters. The number of thiazole rings is 1. The van der Waals surface area contributed by atoms with E-state index in [2.05, 4.69) is 9.97 Å². The minimum absolute atomic E-state index is 0.101. The third-order valence-corrected chi connectivity index (χ3v) is 8.10. The van der Waals surface area contributed by atoms with E-state index in [1.807, 2.05) is 85.1 Å². The van der Waals surface area contributed by atoms with Gasteiger partial charge in [0.1, 0.15) is 0 Å². The van der Waals surface area contributed by atoms with Gasteiger partial charge in [-0.1, -0.05) is 71.8 Å². The van der Waals surface area contributed by atoms with E-state index in [1.54, 1.807) is 11.2 Å². The Morgan fingerprint density at radius 3 is 2.56 bits per heavy atom. The summed E-state index contributed by atoms with van der Waals surface area (Å²) in [4.78, 5) is 34.6. The summed E-state index contributed by atoms with van der Waals surface area (Å²) in [6.07, 6.45) is 3.00. The Hall–Kier alpha value is -4.07. The molecule has 1 aliphatic heterocycles. The number of amides is 1. The number of fused-ring (bicyclic) bond motifs is 1. The number of aryl methyl sites for hydroxylation is 2. The Morgan fingerprint density at radius 1 is 1.05 bits per heavy atom. The summed E-state index contributed by atoms with van der Waals surface area (Å²) in [5.74, 6) is -0.101. The van der Waals surface area contributed by atoms with Gasteiger partial charge in [0.15, 0.2) is 0 Å². The minimum atomic E-state index is -0.312. The standard InChI is InChI=1S/C31H25ClN4O2S/c1-19-6-8-20(9-7-19)26-18-25(35-36(26)28(37)15-14-27-33-16-17-39-27)30-29(21-10-12-22(32)13-11-21)23-4-2-3-5-24(23)34-31(30)38/h2-13,16-17,26H,14-15,18H2,1H3,(H,34,38). The number of aromatic amines is 1. The Bertz CT molecular complexity index is 1740. The lowest BCUT2D eigenvalue weighted by molar-refractivity contribution is -0.133. The van der Waals surface area contributed by atoms with Crippen molar-refractivity contribution in [2.75, 3.05) is 0 Å². The number of benzene rings is 3. The molecular weight excluding hydrogens is 528 g/mol. The van der Waals surface area contributed by atoms with Crippen molar-refractivity contribution in [2.45, 2.75) is 32.2 Å². The van der Waals surface area contributed by atoms with Crippen molar-refractivity contribution in [2.24, 2.45) is 5.10 Å². The van der Waals surface area contributed by atoms with Crippen LogP contribution >= 0.6 is 22.9 Å². The Balaban J connectivity index is 1.48. The normalized spacial score (nSPS) is 15.1. The quantitative estimate of drug-likeness (QED) is 0.248. The summed E-state index contributed by atoms with van der Waals surface area (Å²) in [6.45, 7) is 2.03. The molecule has 194 valence electrons.